The van der Waals surface area contributed by atoms with E-state index in [1.54, 1.807) is 6.08 Å². The minimum atomic E-state index is -0.380. The molecule has 0 atom stereocenters. The molecule has 4 nitrogen and oxygen atoms in total. The number of ether oxygens (including phenoxy) is 1. The normalized spacial score (nSPS) is 10.9. The maximum absolute atomic E-state index is 11.7. The van der Waals surface area contributed by atoms with Gasteiger partial charge in [0.25, 0.3) is 0 Å². The molecular weight excluding hydrogens is 218 g/mol. The summed E-state index contributed by atoms with van der Waals surface area (Å²) < 4.78 is 6.67. The van der Waals surface area contributed by atoms with E-state index in [1.807, 2.05) is 25.5 Å². The summed E-state index contributed by atoms with van der Waals surface area (Å²) in [6, 6.07) is 0. The lowest BCUT2D eigenvalue weighted by atomic mass is 10.1. The monoisotopic (exact) mass is 235 g/mol. The molecule has 0 saturated heterocycles. The summed E-state index contributed by atoms with van der Waals surface area (Å²) in [5.41, 5.74) is 3.02. The zero-order chi connectivity index (χ0) is 13.2. The minimum Gasteiger partial charge on any atom is -0.465 e. The fraction of sp³-hybridized carbons (Fsp3) is 0.385. The molecule has 0 aromatic carbocycles. The van der Waals surface area contributed by atoms with E-state index in [0.29, 0.717) is 5.56 Å². The Balaban J connectivity index is 3.41. The summed E-state index contributed by atoms with van der Waals surface area (Å²) in [7, 11) is 3.23. The third-order valence-electron chi connectivity index (χ3n) is 2.90. The van der Waals surface area contributed by atoms with E-state index in [2.05, 4.69) is 0 Å². The molecule has 1 aromatic rings. The number of nitrogens with zero attached hydrogens (tertiary/aromatic N) is 1. The van der Waals surface area contributed by atoms with Gasteiger partial charge in [0, 0.05) is 24.0 Å². The molecule has 0 unspecified atom stereocenters. The molecule has 0 amide bonds. The van der Waals surface area contributed by atoms with Crippen LogP contribution in [0.4, 0.5) is 0 Å². The molecule has 17 heavy (non-hydrogen) atoms. The van der Waals surface area contributed by atoms with Crippen LogP contribution in [-0.4, -0.2) is 23.4 Å². The van der Waals surface area contributed by atoms with Crippen LogP contribution in [0, 0.1) is 13.8 Å². The maximum Gasteiger partial charge on any atom is 0.340 e. The van der Waals surface area contributed by atoms with E-state index in [9.17, 15) is 9.59 Å². The van der Waals surface area contributed by atoms with Crippen molar-refractivity contribution in [2.75, 3.05) is 7.11 Å². The molecule has 0 aliphatic rings. The lowest BCUT2D eigenvalue weighted by Gasteiger charge is -2.00. The Morgan fingerprint density at radius 3 is 2.29 bits per heavy atom. The zero-order valence-corrected chi connectivity index (χ0v) is 10.8. The zero-order valence-electron chi connectivity index (χ0n) is 10.8. The molecule has 4 heteroatoms. The Labute approximate surface area is 101 Å². The first-order valence-corrected chi connectivity index (χ1v) is 5.33. The highest BCUT2D eigenvalue weighted by Crippen LogP contribution is 2.23. The van der Waals surface area contributed by atoms with Crippen LogP contribution in [0.2, 0.25) is 0 Å². The Bertz CT molecular complexity index is 495. The summed E-state index contributed by atoms with van der Waals surface area (Å²) in [5, 5.41) is 0. The van der Waals surface area contributed by atoms with Crippen molar-refractivity contribution in [3.63, 3.8) is 0 Å². The van der Waals surface area contributed by atoms with Crippen LogP contribution >= 0.6 is 0 Å². The Morgan fingerprint density at radius 2 is 1.82 bits per heavy atom. The second-order valence-corrected chi connectivity index (χ2v) is 3.95. The molecule has 0 bridgehead atoms. The SMILES string of the molecule is COC(=O)c1c(/C=C/C(C)=O)c(C)n(C)c1C. The first-order valence-electron chi connectivity index (χ1n) is 5.33. The van der Waals surface area contributed by atoms with Crippen molar-refractivity contribution in [1.82, 2.24) is 4.57 Å². The van der Waals surface area contributed by atoms with Gasteiger partial charge in [-0.15, -0.1) is 0 Å². The van der Waals surface area contributed by atoms with Gasteiger partial charge in [0.2, 0.25) is 0 Å². The van der Waals surface area contributed by atoms with Gasteiger partial charge < -0.3 is 9.30 Å². The van der Waals surface area contributed by atoms with Gasteiger partial charge in [-0.25, -0.2) is 4.79 Å². The summed E-state index contributed by atoms with van der Waals surface area (Å²) in [4.78, 5) is 22.7. The molecule has 1 aromatic heterocycles. The van der Waals surface area contributed by atoms with E-state index in [1.165, 1.54) is 20.1 Å². The van der Waals surface area contributed by atoms with Crippen molar-refractivity contribution >= 4 is 17.8 Å². The average molecular weight is 235 g/mol. The van der Waals surface area contributed by atoms with Crippen molar-refractivity contribution in [1.29, 1.82) is 0 Å². The number of aromatic nitrogens is 1. The first kappa shape index (κ1) is 13.2. The van der Waals surface area contributed by atoms with E-state index >= 15 is 0 Å². The van der Waals surface area contributed by atoms with E-state index in [0.717, 1.165) is 17.0 Å². The predicted molar refractivity (Wildman–Crippen MR) is 65.9 cm³/mol. The van der Waals surface area contributed by atoms with E-state index in [-0.39, 0.29) is 11.8 Å². The third-order valence-corrected chi connectivity index (χ3v) is 2.90. The van der Waals surface area contributed by atoms with Gasteiger partial charge in [-0.3, -0.25) is 4.79 Å². The van der Waals surface area contributed by atoms with Crippen LogP contribution < -0.4 is 0 Å². The van der Waals surface area contributed by atoms with Gasteiger partial charge in [-0.05, 0) is 32.9 Å². The van der Waals surface area contributed by atoms with Gasteiger partial charge in [-0.1, -0.05) is 0 Å². The number of methoxy groups -OCH3 is 1. The van der Waals surface area contributed by atoms with Gasteiger partial charge in [0.15, 0.2) is 5.78 Å². The Hall–Kier alpha value is -1.84. The van der Waals surface area contributed by atoms with Gasteiger partial charge in [0.1, 0.15) is 0 Å². The van der Waals surface area contributed by atoms with E-state index in [4.69, 9.17) is 4.74 Å². The molecule has 0 aliphatic heterocycles. The van der Waals surface area contributed by atoms with Crippen molar-refractivity contribution < 1.29 is 14.3 Å². The molecule has 0 N–H and O–H groups in total. The van der Waals surface area contributed by atoms with Gasteiger partial charge in [-0.2, -0.15) is 0 Å². The summed E-state index contributed by atoms with van der Waals surface area (Å²) in [6.45, 7) is 5.23. The first-order chi connectivity index (χ1) is 7.90. The molecule has 1 rings (SSSR count). The predicted octanol–water partition coefficient (Wildman–Crippen LogP) is 2.03. The van der Waals surface area contributed by atoms with Crippen LogP contribution in [0.15, 0.2) is 6.08 Å². The molecule has 0 saturated carbocycles. The quantitative estimate of drug-likeness (QED) is 0.595. The standard InChI is InChI=1S/C13H17NO3/c1-8(15)6-7-11-9(2)14(4)10(3)12(11)13(16)17-5/h6-7H,1-5H3/b7-6+. The Kier molecular flexibility index (Phi) is 3.89. The topological polar surface area (TPSA) is 48.3 Å². The summed E-state index contributed by atoms with van der Waals surface area (Å²) >= 11 is 0. The van der Waals surface area contributed by atoms with Crippen molar-refractivity contribution in [3.8, 4) is 0 Å². The molecule has 0 fully saturated rings. The number of rotatable bonds is 3. The van der Waals surface area contributed by atoms with E-state index < -0.39 is 0 Å². The van der Waals surface area contributed by atoms with Gasteiger partial charge >= 0.3 is 5.97 Å². The van der Waals surface area contributed by atoms with Gasteiger partial charge in [0.05, 0.1) is 12.7 Å². The number of esters is 1. The summed E-state index contributed by atoms with van der Waals surface area (Å²) in [5.74, 6) is -0.434. The largest absolute Gasteiger partial charge is 0.465 e. The van der Waals surface area contributed by atoms with Crippen molar-refractivity contribution in [3.05, 3.63) is 28.6 Å². The fourth-order valence-electron chi connectivity index (χ4n) is 1.74. The molecule has 0 spiro atoms. The molecular formula is C13H17NO3. The number of hydrogen-bond donors (Lipinski definition) is 0. The highest BCUT2D eigenvalue weighted by molar-refractivity contribution is 5.98. The third kappa shape index (κ3) is 2.46. The molecule has 1 heterocycles. The van der Waals surface area contributed by atoms with Crippen LogP contribution in [0.1, 0.15) is 34.2 Å². The highest BCUT2D eigenvalue weighted by atomic mass is 16.5. The lowest BCUT2D eigenvalue weighted by Crippen LogP contribution is -2.04. The van der Waals surface area contributed by atoms with Crippen molar-refractivity contribution in [2.45, 2.75) is 20.8 Å². The second kappa shape index (κ2) is 4.99. The lowest BCUT2D eigenvalue weighted by molar-refractivity contribution is -0.112. The molecule has 0 radical (unpaired) electrons. The minimum absolute atomic E-state index is 0.0540. The number of allylic oxidation sites excluding steroid dienone is 1. The fourth-order valence-corrected chi connectivity index (χ4v) is 1.74. The highest BCUT2D eigenvalue weighted by Gasteiger charge is 2.20. The Morgan fingerprint density at radius 1 is 1.24 bits per heavy atom. The van der Waals surface area contributed by atoms with Crippen LogP contribution in [0.25, 0.3) is 6.08 Å². The number of carbonyl (C=O) groups is 2. The molecule has 0 aliphatic carbocycles. The smallest absolute Gasteiger partial charge is 0.340 e. The van der Waals surface area contributed by atoms with Crippen LogP contribution in [0.3, 0.4) is 0 Å². The number of carbonyl (C=O) groups excluding carboxylic acids is 2. The maximum atomic E-state index is 11.7. The van der Waals surface area contributed by atoms with Crippen molar-refractivity contribution in [2.24, 2.45) is 7.05 Å². The van der Waals surface area contributed by atoms with Crippen LogP contribution in [-0.2, 0) is 16.6 Å². The van der Waals surface area contributed by atoms with Crippen LogP contribution in [0.5, 0.6) is 0 Å². The number of hydrogen-bond acceptors (Lipinski definition) is 3. The second-order valence-electron chi connectivity index (χ2n) is 3.95. The number of ketones is 1. The molecule has 92 valence electrons. The average Bonchev–Trinajstić information content (AvgIpc) is 2.50. The summed E-state index contributed by atoms with van der Waals surface area (Å²) in [6.07, 6.45) is 3.12.